The van der Waals surface area contributed by atoms with Gasteiger partial charge in [-0.05, 0) is 30.2 Å². The van der Waals surface area contributed by atoms with Crippen molar-refractivity contribution in [2.24, 2.45) is 0 Å². The number of hydrogen-bond acceptors (Lipinski definition) is 3. The Kier molecular flexibility index (Phi) is 5.47. The predicted molar refractivity (Wildman–Crippen MR) is 113 cm³/mol. The van der Waals surface area contributed by atoms with Crippen LogP contribution >= 0.6 is 0 Å². The molecule has 1 amide bonds. The molecule has 1 atom stereocenters. The molecule has 0 aliphatic heterocycles. The standard InChI is InChI=1S/C24H22N4O/c1-18(20-12-14-25-15-13-20)26-24(29)22-17-28(16-19-8-4-2-5-9-19)27-23(22)21-10-6-3-7-11-21/h2-15,17-18H,16H2,1H3,(H,26,29). The van der Waals surface area contributed by atoms with Gasteiger partial charge >= 0.3 is 0 Å². The third-order valence-electron chi connectivity index (χ3n) is 4.79. The van der Waals surface area contributed by atoms with Gasteiger partial charge in [0.25, 0.3) is 5.91 Å². The first kappa shape index (κ1) is 18.6. The lowest BCUT2D eigenvalue weighted by Crippen LogP contribution is -2.26. The molecule has 0 fully saturated rings. The Morgan fingerprint density at radius 2 is 1.62 bits per heavy atom. The lowest BCUT2D eigenvalue weighted by Gasteiger charge is -2.14. The molecule has 2 aromatic carbocycles. The highest BCUT2D eigenvalue weighted by atomic mass is 16.1. The van der Waals surface area contributed by atoms with Gasteiger partial charge in [0.2, 0.25) is 0 Å². The molecule has 5 heteroatoms. The summed E-state index contributed by atoms with van der Waals surface area (Å²) in [6.07, 6.45) is 5.28. The van der Waals surface area contributed by atoms with Crippen molar-refractivity contribution in [3.63, 3.8) is 0 Å². The average Bonchev–Trinajstić information content (AvgIpc) is 3.19. The molecule has 1 N–H and O–H groups in total. The number of nitrogens with one attached hydrogen (secondary N) is 1. The second kappa shape index (κ2) is 8.52. The topological polar surface area (TPSA) is 59.8 Å². The van der Waals surface area contributed by atoms with Crippen LogP contribution in [0.3, 0.4) is 0 Å². The van der Waals surface area contributed by atoms with Gasteiger partial charge in [0.05, 0.1) is 18.2 Å². The zero-order chi connectivity index (χ0) is 20.1. The molecule has 0 spiro atoms. The van der Waals surface area contributed by atoms with Crippen molar-refractivity contribution in [2.45, 2.75) is 19.5 Å². The van der Waals surface area contributed by atoms with Gasteiger partial charge in [-0.15, -0.1) is 0 Å². The van der Waals surface area contributed by atoms with Gasteiger partial charge in [0, 0.05) is 24.2 Å². The molecule has 29 heavy (non-hydrogen) atoms. The van der Waals surface area contributed by atoms with Gasteiger partial charge in [-0.2, -0.15) is 5.10 Å². The molecule has 2 aromatic heterocycles. The smallest absolute Gasteiger partial charge is 0.255 e. The number of benzene rings is 2. The number of pyridine rings is 1. The molecule has 0 radical (unpaired) electrons. The summed E-state index contributed by atoms with van der Waals surface area (Å²) in [5.74, 6) is -0.146. The minimum atomic E-state index is -0.146. The Balaban J connectivity index is 1.64. The van der Waals surface area contributed by atoms with E-state index in [1.807, 2.05) is 78.5 Å². The first-order chi connectivity index (χ1) is 14.2. The van der Waals surface area contributed by atoms with Crippen molar-refractivity contribution in [3.05, 3.63) is 108 Å². The Bertz CT molecular complexity index is 1080. The Morgan fingerprint density at radius 3 is 2.31 bits per heavy atom. The molecule has 0 aliphatic carbocycles. The van der Waals surface area contributed by atoms with E-state index in [9.17, 15) is 4.79 Å². The molecule has 4 aromatic rings. The zero-order valence-electron chi connectivity index (χ0n) is 16.2. The van der Waals surface area contributed by atoms with E-state index in [0.29, 0.717) is 17.8 Å². The summed E-state index contributed by atoms with van der Waals surface area (Å²) in [6, 6.07) is 23.6. The average molecular weight is 382 g/mol. The first-order valence-corrected chi connectivity index (χ1v) is 9.58. The van der Waals surface area contributed by atoms with E-state index in [1.165, 1.54) is 0 Å². The summed E-state index contributed by atoms with van der Waals surface area (Å²) in [4.78, 5) is 17.1. The number of carbonyl (C=O) groups excluding carboxylic acids is 1. The number of hydrogen-bond donors (Lipinski definition) is 1. The largest absolute Gasteiger partial charge is 0.345 e. The van der Waals surface area contributed by atoms with Crippen molar-refractivity contribution in [2.75, 3.05) is 0 Å². The molecule has 1 unspecified atom stereocenters. The SMILES string of the molecule is CC(NC(=O)c1cn(Cc2ccccc2)nc1-c1ccccc1)c1ccncc1. The maximum atomic E-state index is 13.1. The molecule has 144 valence electrons. The maximum Gasteiger partial charge on any atom is 0.255 e. The monoisotopic (exact) mass is 382 g/mol. The summed E-state index contributed by atoms with van der Waals surface area (Å²) >= 11 is 0. The van der Waals surface area contributed by atoms with Gasteiger partial charge in [0.1, 0.15) is 5.69 Å². The van der Waals surface area contributed by atoms with E-state index >= 15 is 0 Å². The van der Waals surface area contributed by atoms with Crippen LogP contribution in [-0.4, -0.2) is 20.7 Å². The molecular weight excluding hydrogens is 360 g/mol. The lowest BCUT2D eigenvalue weighted by atomic mass is 10.1. The molecule has 5 nitrogen and oxygen atoms in total. The quantitative estimate of drug-likeness (QED) is 0.535. The van der Waals surface area contributed by atoms with Crippen LogP contribution in [0.25, 0.3) is 11.3 Å². The second-order valence-corrected chi connectivity index (χ2v) is 6.92. The van der Waals surface area contributed by atoms with Gasteiger partial charge in [-0.1, -0.05) is 60.7 Å². The fraction of sp³-hybridized carbons (Fsp3) is 0.125. The third kappa shape index (κ3) is 4.41. The van der Waals surface area contributed by atoms with Gasteiger partial charge in [-0.25, -0.2) is 0 Å². The predicted octanol–water partition coefficient (Wildman–Crippen LogP) is 4.48. The minimum Gasteiger partial charge on any atom is -0.345 e. The van der Waals surface area contributed by atoms with Gasteiger partial charge in [-0.3, -0.25) is 14.5 Å². The van der Waals surface area contributed by atoms with Crippen LogP contribution in [0.5, 0.6) is 0 Å². The van der Waals surface area contributed by atoms with Gasteiger partial charge < -0.3 is 5.32 Å². The van der Waals surface area contributed by atoms with Crippen molar-refractivity contribution in [1.82, 2.24) is 20.1 Å². The zero-order valence-corrected chi connectivity index (χ0v) is 16.2. The Hall–Kier alpha value is -3.73. The van der Waals surface area contributed by atoms with Crippen LogP contribution in [-0.2, 0) is 6.54 Å². The van der Waals surface area contributed by atoms with Crippen molar-refractivity contribution in [3.8, 4) is 11.3 Å². The highest BCUT2D eigenvalue weighted by Crippen LogP contribution is 2.23. The molecule has 0 saturated carbocycles. The maximum absolute atomic E-state index is 13.1. The van der Waals surface area contributed by atoms with Crippen LogP contribution < -0.4 is 5.32 Å². The fourth-order valence-corrected chi connectivity index (χ4v) is 3.26. The molecule has 0 saturated heterocycles. The first-order valence-electron chi connectivity index (χ1n) is 9.58. The van der Waals surface area contributed by atoms with Crippen molar-refractivity contribution in [1.29, 1.82) is 0 Å². The highest BCUT2D eigenvalue weighted by molar-refractivity contribution is 6.00. The third-order valence-corrected chi connectivity index (χ3v) is 4.79. The molecular formula is C24H22N4O. The Morgan fingerprint density at radius 1 is 0.966 bits per heavy atom. The van der Waals surface area contributed by atoms with E-state index in [-0.39, 0.29) is 11.9 Å². The molecule has 0 aliphatic rings. The molecule has 0 bridgehead atoms. The summed E-state index contributed by atoms with van der Waals surface area (Å²) in [7, 11) is 0. The molecule has 2 heterocycles. The number of rotatable bonds is 6. The minimum absolute atomic E-state index is 0.133. The number of aromatic nitrogens is 3. The Labute approximate surface area is 170 Å². The lowest BCUT2D eigenvalue weighted by molar-refractivity contribution is 0.0940. The normalized spacial score (nSPS) is 11.8. The van der Waals surface area contributed by atoms with Crippen LogP contribution in [0.15, 0.2) is 91.4 Å². The number of amides is 1. The van der Waals surface area contributed by atoms with E-state index in [2.05, 4.69) is 22.4 Å². The van der Waals surface area contributed by atoms with Crippen LogP contribution in [0.2, 0.25) is 0 Å². The second-order valence-electron chi connectivity index (χ2n) is 6.92. The van der Waals surface area contributed by atoms with E-state index in [4.69, 9.17) is 5.10 Å². The summed E-state index contributed by atoms with van der Waals surface area (Å²) in [5, 5.41) is 7.80. The van der Waals surface area contributed by atoms with Crippen molar-refractivity contribution < 1.29 is 4.79 Å². The number of nitrogens with zero attached hydrogens (tertiary/aromatic N) is 3. The molecule has 4 rings (SSSR count). The van der Waals surface area contributed by atoms with Crippen LogP contribution in [0.4, 0.5) is 0 Å². The van der Waals surface area contributed by atoms with E-state index < -0.39 is 0 Å². The summed E-state index contributed by atoms with van der Waals surface area (Å²) in [5.41, 5.74) is 4.30. The highest BCUT2D eigenvalue weighted by Gasteiger charge is 2.20. The van der Waals surface area contributed by atoms with E-state index in [1.54, 1.807) is 12.4 Å². The van der Waals surface area contributed by atoms with Crippen LogP contribution in [0.1, 0.15) is 34.5 Å². The van der Waals surface area contributed by atoms with E-state index in [0.717, 1.165) is 16.7 Å². The number of carbonyl (C=O) groups is 1. The summed E-state index contributed by atoms with van der Waals surface area (Å²) < 4.78 is 1.82. The van der Waals surface area contributed by atoms with Gasteiger partial charge in [0.15, 0.2) is 0 Å². The summed E-state index contributed by atoms with van der Waals surface area (Å²) in [6.45, 7) is 2.57. The van der Waals surface area contributed by atoms with Crippen LogP contribution in [0, 0.1) is 0 Å². The fourth-order valence-electron chi connectivity index (χ4n) is 3.26. The van der Waals surface area contributed by atoms with Crippen molar-refractivity contribution >= 4 is 5.91 Å².